The van der Waals surface area contributed by atoms with Gasteiger partial charge < -0.3 is 14.4 Å². The normalized spacial score (nSPS) is 18.8. The lowest BCUT2D eigenvalue weighted by Crippen LogP contribution is -2.50. The molecule has 6 heteroatoms. The van der Waals surface area contributed by atoms with Gasteiger partial charge >= 0.3 is 5.97 Å². The molecule has 1 aliphatic rings. The van der Waals surface area contributed by atoms with Gasteiger partial charge in [-0.3, -0.25) is 0 Å². The van der Waals surface area contributed by atoms with Crippen LogP contribution in [0.2, 0.25) is 5.02 Å². The predicted molar refractivity (Wildman–Crippen MR) is 70.1 cm³/mol. The van der Waals surface area contributed by atoms with Gasteiger partial charge in [-0.05, 0) is 18.2 Å². The lowest BCUT2D eigenvalue weighted by Gasteiger charge is -2.35. The van der Waals surface area contributed by atoms with Gasteiger partial charge in [0, 0.05) is 11.6 Å². The molecule has 1 unspecified atom stereocenters. The van der Waals surface area contributed by atoms with Gasteiger partial charge in [0.2, 0.25) is 0 Å². The van der Waals surface area contributed by atoms with Crippen molar-refractivity contribution in [3.05, 3.63) is 28.8 Å². The molecule has 0 saturated carbocycles. The molecule has 0 bridgehead atoms. The second-order valence-electron chi connectivity index (χ2n) is 4.08. The standard InChI is InChI=1S/C13H13ClN2O3/c1-18-13(17)12-8-19-5-4-16(12)11-3-2-10(14)6-9(11)7-15/h2-3,6,12H,4-5,8H2,1H3. The molecule has 0 aliphatic carbocycles. The third kappa shape index (κ3) is 2.80. The van der Waals surface area contributed by atoms with Crippen molar-refractivity contribution in [2.75, 3.05) is 31.8 Å². The maximum absolute atomic E-state index is 11.8. The fraction of sp³-hybridized carbons (Fsp3) is 0.385. The van der Waals surface area contributed by atoms with Crippen LogP contribution in [0.5, 0.6) is 0 Å². The number of nitriles is 1. The quantitative estimate of drug-likeness (QED) is 0.770. The average Bonchev–Trinajstić information content (AvgIpc) is 2.46. The number of morpholine rings is 1. The molecule has 0 N–H and O–H groups in total. The summed E-state index contributed by atoms with van der Waals surface area (Å²) in [4.78, 5) is 13.6. The lowest BCUT2D eigenvalue weighted by atomic mass is 10.1. The van der Waals surface area contributed by atoms with Crippen LogP contribution >= 0.6 is 11.6 Å². The van der Waals surface area contributed by atoms with Crippen molar-refractivity contribution in [1.29, 1.82) is 5.26 Å². The first-order chi connectivity index (χ1) is 9.17. The summed E-state index contributed by atoms with van der Waals surface area (Å²) in [6, 6.07) is 6.58. The number of hydrogen-bond donors (Lipinski definition) is 0. The minimum absolute atomic E-state index is 0.250. The minimum atomic E-state index is -0.535. The van der Waals surface area contributed by atoms with E-state index in [0.29, 0.717) is 29.4 Å². The predicted octanol–water partition coefficient (Wildman–Crippen LogP) is 1.59. The number of ether oxygens (including phenoxy) is 2. The van der Waals surface area contributed by atoms with Crippen molar-refractivity contribution < 1.29 is 14.3 Å². The van der Waals surface area contributed by atoms with Crippen LogP contribution in [0, 0.1) is 11.3 Å². The third-order valence-corrected chi connectivity index (χ3v) is 3.23. The molecule has 0 aromatic heterocycles. The Hall–Kier alpha value is -1.77. The second kappa shape index (κ2) is 5.91. The zero-order valence-electron chi connectivity index (χ0n) is 10.4. The first kappa shape index (κ1) is 13.7. The fourth-order valence-electron chi connectivity index (χ4n) is 2.07. The third-order valence-electron chi connectivity index (χ3n) is 2.99. The molecular weight excluding hydrogens is 268 g/mol. The van der Waals surface area contributed by atoms with E-state index >= 15 is 0 Å². The zero-order chi connectivity index (χ0) is 13.8. The summed E-state index contributed by atoms with van der Waals surface area (Å²) in [7, 11) is 1.34. The van der Waals surface area contributed by atoms with Crippen molar-refractivity contribution in [2.45, 2.75) is 6.04 Å². The number of nitrogens with zero attached hydrogens (tertiary/aromatic N) is 2. The molecule has 1 aromatic rings. The number of carbonyl (C=O) groups excluding carboxylic acids is 1. The van der Waals surface area contributed by atoms with Crippen LogP contribution in [0.1, 0.15) is 5.56 Å². The summed E-state index contributed by atoms with van der Waals surface area (Å²) in [5.74, 6) is -0.376. The second-order valence-corrected chi connectivity index (χ2v) is 4.52. The first-order valence-electron chi connectivity index (χ1n) is 5.79. The van der Waals surface area contributed by atoms with Gasteiger partial charge in [-0.15, -0.1) is 0 Å². The number of halogens is 1. The number of methoxy groups -OCH3 is 1. The number of anilines is 1. The summed E-state index contributed by atoms with van der Waals surface area (Å²) in [6.45, 7) is 1.28. The van der Waals surface area contributed by atoms with Crippen molar-refractivity contribution in [1.82, 2.24) is 0 Å². The van der Waals surface area contributed by atoms with Gasteiger partial charge in [0.25, 0.3) is 0 Å². The highest BCUT2D eigenvalue weighted by molar-refractivity contribution is 6.30. The van der Waals surface area contributed by atoms with Gasteiger partial charge in [-0.2, -0.15) is 5.26 Å². The van der Waals surface area contributed by atoms with E-state index < -0.39 is 6.04 Å². The van der Waals surface area contributed by atoms with E-state index in [0.717, 1.165) is 0 Å². The van der Waals surface area contributed by atoms with Crippen molar-refractivity contribution in [2.24, 2.45) is 0 Å². The van der Waals surface area contributed by atoms with E-state index in [9.17, 15) is 10.1 Å². The van der Waals surface area contributed by atoms with Gasteiger partial charge in [0.15, 0.2) is 6.04 Å². The molecule has 2 rings (SSSR count). The fourth-order valence-corrected chi connectivity index (χ4v) is 2.24. The highest BCUT2D eigenvalue weighted by Crippen LogP contribution is 2.27. The van der Waals surface area contributed by atoms with Crippen molar-refractivity contribution >= 4 is 23.3 Å². The number of carbonyl (C=O) groups is 1. The highest BCUT2D eigenvalue weighted by atomic mass is 35.5. The Morgan fingerprint density at radius 1 is 1.63 bits per heavy atom. The molecule has 0 amide bonds. The molecule has 5 nitrogen and oxygen atoms in total. The zero-order valence-corrected chi connectivity index (χ0v) is 11.2. The average molecular weight is 281 g/mol. The number of benzene rings is 1. The molecule has 0 spiro atoms. The lowest BCUT2D eigenvalue weighted by molar-refractivity contribution is -0.144. The number of esters is 1. The van der Waals surface area contributed by atoms with Crippen LogP contribution in [-0.4, -0.2) is 38.9 Å². The van der Waals surface area contributed by atoms with E-state index in [1.165, 1.54) is 7.11 Å². The highest BCUT2D eigenvalue weighted by Gasteiger charge is 2.31. The SMILES string of the molecule is COC(=O)C1COCCN1c1ccc(Cl)cc1C#N. The van der Waals surface area contributed by atoms with E-state index in [2.05, 4.69) is 6.07 Å². The topological polar surface area (TPSA) is 62.6 Å². The number of rotatable bonds is 2. The van der Waals surface area contributed by atoms with Crippen molar-refractivity contribution in [3.63, 3.8) is 0 Å². The maximum Gasteiger partial charge on any atom is 0.330 e. The van der Waals surface area contributed by atoms with E-state index in [1.54, 1.807) is 18.2 Å². The van der Waals surface area contributed by atoms with Gasteiger partial charge in [-0.25, -0.2) is 4.79 Å². The van der Waals surface area contributed by atoms with Gasteiger partial charge in [0.05, 0.1) is 31.6 Å². The molecule has 100 valence electrons. The van der Waals surface area contributed by atoms with Crippen LogP contribution in [0.15, 0.2) is 18.2 Å². The molecule has 1 heterocycles. The minimum Gasteiger partial charge on any atom is -0.467 e. The molecule has 1 aliphatic heterocycles. The van der Waals surface area contributed by atoms with Gasteiger partial charge in [-0.1, -0.05) is 11.6 Å². The molecule has 19 heavy (non-hydrogen) atoms. The van der Waals surface area contributed by atoms with Crippen molar-refractivity contribution in [3.8, 4) is 6.07 Å². The van der Waals surface area contributed by atoms with E-state index in [4.69, 9.17) is 21.1 Å². The summed E-state index contributed by atoms with van der Waals surface area (Å²) in [5.41, 5.74) is 1.11. The van der Waals surface area contributed by atoms with Crippen LogP contribution in [0.4, 0.5) is 5.69 Å². The Kier molecular flexibility index (Phi) is 4.25. The molecular formula is C13H13ClN2O3. The molecule has 1 saturated heterocycles. The Balaban J connectivity index is 2.38. The smallest absolute Gasteiger partial charge is 0.330 e. The summed E-state index contributed by atoms with van der Waals surface area (Å²) in [6.07, 6.45) is 0. The van der Waals surface area contributed by atoms with Crippen LogP contribution < -0.4 is 4.90 Å². The Morgan fingerprint density at radius 2 is 2.42 bits per heavy atom. The Bertz CT molecular complexity index is 527. The number of hydrogen-bond acceptors (Lipinski definition) is 5. The van der Waals surface area contributed by atoms with Gasteiger partial charge in [0.1, 0.15) is 6.07 Å². The van der Waals surface area contributed by atoms with E-state index in [1.807, 2.05) is 4.90 Å². The Morgan fingerprint density at radius 3 is 3.11 bits per heavy atom. The monoisotopic (exact) mass is 280 g/mol. The van der Waals surface area contributed by atoms with Crippen LogP contribution in [0.25, 0.3) is 0 Å². The molecule has 1 aromatic carbocycles. The van der Waals surface area contributed by atoms with Crippen LogP contribution in [0.3, 0.4) is 0 Å². The largest absolute Gasteiger partial charge is 0.467 e. The molecule has 1 atom stereocenters. The molecule has 1 fully saturated rings. The first-order valence-corrected chi connectivity index (χ1v) is 6.17. The Labute approximate surface area is 116 Å². The van der Waals surface area contributed by atoms with Crippen LogP contribution in [-0.2, 0) is 14.3 Å². The van der Waals surface area contributed by atoms with E-state index in [-0.39, 0.29) is 12.6 Å². The summed E-state index contributed by atoms with van der Waals surface area (Å²) >= 11 is 5.87. The maximum atomic E-state index is 11.8. The summed E-state index contributed by atoms with van der Waals surface area (Å²) < 4.78 is 10.1. The summed E-state index contributed by atoms with van der Waals surface area (Å²) in [5, 5.41) is 9.66. The molecule has 0 radical (unpaired) electrons.